The minimum atomic E-state index is 0.311. The van der Waals surface area contributed by atoms with Crippen molar-refractivity contribution in [3.8, 4) is 5.75 Å². The summed E-state index contributed by atoms with van der Waals surface area (Å²) in [5.41, 5.74) is 0.920. The highest BCUT2D eigenvalue weighted by Crippen LogP contribution is 2.56. The Balaban J connectivity index is 1.71. The molecule has 1 aromatic carbocycles. The second-order valence-corrected chi connectivity index (χ2v) is 6.17. The molecule has 2 nitrogen and oxygen atoms in total. The van der Waals surface area contributed by atoms with E-state index >= 15 is 0 Å². The summed E-state index contributed by atoms with van der Waals surface area (Å²) in [6.07, 6.45) is 5.54. The number of Topliss-reactive ketones (excluding diaryl/α,β-unsaturated/α-hetero) is 1. The standard InChI is InChI=1S/C16H19ClO2/c1-19-15-7-6-11(17)8-10(15)9-14(18)16-12-4-2-3-5-13(12)16/h6-8,12-13,16H,2-5,9H2,1H3. The van der Waals surface area contributed by atoms with E-state index in [0.717, 1.165) is 11.3 Å². The summed E-state index contributed by atoms with van der Waals surface area (Å²) in [7, 11) is 1.63. The quantitative estimate of drug-likeness (QED) is 0.835. The summed E-state index contributed by atoms with van der Waals surface area (Å²) in [6.45, 7) is 0. The fourth-order valence-electron chi connectivity index (χ4n) is 3.66. The summed E-state index contributed by atoms with van der Waals surface area (Å²) < 4.78 is 5.31. The van der Waals surface area contributed by atoms with Crippen molar-refractivity contribution < 1.29 is 9.53 Å². The van der Waals surface area contributed by atoms with E-state index in [2.05, 4.69) is 0 Å². The highest BCUT2D eigenvalue weighted by atomic mass is 35.5. The first-order chi connectivity index (χ1) is 9.20. The van der Waals surface area contributed by atoms with Gasteiger partial charge in [-0.25, -0.2) is 0 Å². The van der Waals surface area contributed by atoms with Gasteiger partial charge in [0, 0.05) is 22.9 Å². The number of benzene rings is 1. The van der Waals surface area contributed by atoms with Crippen LogP contribution in [0.1, 0.15) is 31.2 Å². The van der Waals surface area contributed by atoms with E-state index in [1.54, 1.807) is 13.2 Å². The molecule has 102 valence electrons. The van der Waals surface area contributed by atoms with Crippen molar-refractivity contribution in [3.63, 3.8) is 0 Å². The lowest BCUT2D eigenvalue weighted by Gasteiger charge is -2.08. The molecule has 3 rings (SSSR count). The number of methoxy groups -OCH3 is 1. The fraction of sp³-hybridized carbons (Fsp3) is 0.562. The van der Waals surface area contributed by atoms with Crippen molar-refractivity contribution >= 4 is 17.4 Å². The van der Waals surface area contributed by atoms with Crippen molar-refractivity contribution in [2.75, 3.05) is 7.11 Å². The third-order valence-electron chi connectivity index (χ3n) is 4.64. The molecule has 1 aromatic rings. The van der Waals surface area contributed by atoms with Crippen molar-refractivity contribution in [1.29, 1.82) is 0 Å². The first-order valence-electron chi connectivity index (χ1n) is 7.06. The zero-order valence-electron chi connectivity index (χ0n) is 11.2. The first-order valence-corrected chi connectivity index (χ1v) is 7.43. The lowest BCUT2D eigenvalue weighted by atomic mass is 10.0. The van der Waals surface area contributed by atoms with Crippen molar-refractivity contribution in [3.05, 3.63) is 28.8 Å². The van der Waals surface area contributed by atoms with Gasteiger partial charge in [0.1, 0.15) is 11.5 Å². The number of ether oxygens (including phenoxy) is 1. The predicted octanol–water partition coefficient (Wildman–Crippen LogP) is 3.90. The number of hydrogen-bond acceptors (Lipinski definition) is 2. The maximum absolute atomic E-state index is 12.4. The molecule has 0 spiro atoms. The van der Waals surface area contributed by atoms with Gasteiger partial charge in [0.05, 0.1) is 7.11 Å². The lowest BCUT2D eigenvalue weighted by Crippen LogP contribution is -2.08. The molecule has 2 aliphatic rings. The van der Waals surface area contributed by atoms with Gasteiger partial charge in [-0.1, -0.05) is 24.4 Å². The molecule has 2 atom stereocenters. The third-order valence-corrected chi connectivity index (χ3v) is 4.87. The van der Waals surface area contributed by atoms with Crippen LogP contribution >= 0.6 is 11.6 Å². The molecule has 0 bridgehead atoms. The van der Waals surface area contributed by atoms with Gasteiger partial charge in [-0.15, -0.1) is 0 Å². The molecular weight excluding hydrogens is 260 g/mol. The van der Waals surface area contributed by atoms with Crippen LogP contribution in [0.4, 0.5) is 0 Å². The second-order valence-electron chi connectivity index (χ2n) is 5.74. The SMILES string of the molecule is COc1ccc(Cl)cc1CC(=O)C1C2CCCCC21. The molecule has 0 N–H and O–H groups in total. The van der Waals surface area contributed by atoms with Crippen LogP contribution in [0, 0.1) is 17.8 Å². The van der Waals surface area contributed by atoms with E-state index in [-0.39, 0.29) is 0 Å². The van der Waals surface area contributed by atoms with E-state index in [0.29, 0.717) is 35.0 Å². The highest BCUT2D eigenvalue weighted by molar-refractivity contribution is 6.30. The molecule has 0 radical (unpaired) electrons. The summed E-state index contributed by atoms with van der Waals surface area (Å²) in [5.74, 6) is 2.79. The predicted molar refractivity (Wildman–Crippen MR) is 75.7 cm³/mol. The van der Waals surface area contributed by atoms with Gasteiger partial charge < -0.3 is 4.74 Å². The van der Waals surface area contributed by atoms with E-state index < -0.39 is 0 Å². The number of rotatable bonds is 4. The van der Waals surface area contributed by atoms with Crippen LogP contribution in [0.5, 0.6) is 5.75 Å². The molecular formula is C16H19ClO2. The monoisotopic (exact) mass is 278 g/mol. The Morgan fingerprint density at radius 2 is 2.00 bits per heavy atom. The zero-order chi connectivity index (χ0) is 13.4. The molecule has 19 heavy (non-hydrogen) atoms. The summed E-state index contributed by atoms with van der Waals surface area (Å²) >= 11 is 6.01. The topological polar surface area (TPSA) is 26.3 Å². The number of carbonyl (C=O) groups is 1. The smallest absolute Gasteiger partial charge is 0.141 e. The van der Waals surface area contributed by atoms with E-state index in [1.807, 2.05) is 12.1 Å². The number of carbonyl (C=O) groups excluding carboxylic acids is 1. The minimum absolute atomic E-state index is 0.311. The lowest BCUT2D eigenvalue weighted by molar-refractivity contribution is -0.120. The Morgan fingerprint density at radius 1 is 1.32 bits per heavy atom. The average Bonchev–Trinajstić information content (AvgIpc) is 3.13. The molecule has 0 heterocycles. The molecule has 0 amide bonds. The molecule has 2 fully saturated rings. The Kier molecular flexibility index (Phi) is 3.53. The number of halogens is 1. The number of hydrogen-bond donors (Lipinski definition) is 0. The van der Waals surface area contributed by atoms with Crippen molar-refractivity contribution in [1.82, 2.24) is 0 Å². The van der Waals surface area contributed by atoms with E-state index in [4.69, 9.17) is 16.3 Å². The molecule has 2 unspecified atom stereocenters. The fourth-order valence-corrected chi connectivity index (χ4v) is 3.86. The Labute approximate surface area is 119 Å². The second kappa shape index (κ2) is 5.16. The number of fused-ring (bicyclic) bond motifs is 1. The van der Waals surface area contributed by atoms with Crippen LogP contribution in [0.2, 0.25) is 5.02 Å². The van der Waals surface area contributed by atoms with Crippen LogP contribution < -0.4 is 4.74 Å². The van der Waals surface area contributed by atoms with Gasteiger partial charge in [-0.05, 0) is 42.9 Å². The van der Waals surface area contributed by atoms with Crippen molar-refractivity contribution in [2.24, 2.45) is 17.8 Å². The first kappa shape index (κ1) is 13.0. The van der Waals surface area contributed by atoms with Gasteiger partial charge in [-0.2, -0.15) is 0 Å². The maximum atomic E-state index is 12.4. The molecule has 0 aliphatic heterocycles. The van der Waals surface area contributed by atoms with Crippen LogP contribution in [0.25, 0.3) is 0 Å². The van der Waals surface area contributed by atoms with Crippen molar-refractivity contribution in [2.45, 2.75) is 32.1 Å². The highest BCUT2D eigenvalue weighted by Gasteiger charge is 2.54. The number of ketones is 1. The van der Waals surface area contributed by atoms with Gasteiger partial charge in [0.15, 0.2) is 0 Å². The molecule has 2 saturated carbocycles. The third kappa shape index (κ3) is 2.51. The maximum Gasteiger partial charge on any atom is 0.141 e. The Morgan fingerprint density at radius 3 is 2.63 bits per heavy atom. The van der Waals surface area contributed by atoms with E-state index in [1.165, 1.54) is 25.7 Å². The van der Waals surface area contributed by atoms with Crippen LogP contribution in [0.15, 0.2) is 18.2 Å². The van der Waals surface area contributed by atoms with Gasteiger partial charge in [0.2, 0.25) is 0 Å². The zero-order valence-corrected chi connectivity index (χ0v) is 12.0. The summed E-state index contributed by atoms with van der Waals surface area (Å²) in [4.78, 5) is 12.4. The average molecular weight is 279 g/mol. The molecule has 2 aliphatic carbocycles. The summed E-state index contributed by atoms with van der Waals surface area (Å²) in [6, 6.07) is 5.49. The van der Waals surface area contributed by atoms with E-state index in [9.17, 15) is 4.79 Å². The summed E-state index contributed by atoms with van der Waals surface area (Å²) in [5, 5.41) is 0.664. The van der Waals surface area contributed by atoms with Crippen LogP contribution in [0.3, 0.4) is 0 Å². The molecule has 0 aromatic heterocycles. The van der Waals surface area contributed by atoms with Crippen LogP contribution in [-0.2, 0) is 11.2 Å². The Bertz CT molecular complexity index is 486. The van der Waals surface area contributed by atoms with Gasteiger partial charge >= 0.3 is 0 Å². The normalized spacial score (nSPS) is 28.6. The Hall–Kier alpha value is -1.02. The minimum Gasteiger partial charge on any atom is -0.496 e. The largest absolute Gasteiger partial charge is 0.496 e. The van der Waals surface area contributed by atoms with Crippen LogP contribution in [-0.4, -0.2) is 12.9 Å². The molecule has 3 heteroatoms. The van der Waals surface area contributed by atoms with Gasteiger partial charge in [0.25, 0.3) is 0 Å². The van der Waals surface area contributed by atoms with Gasteiger partial charge in [-0.3, -0.25) is 4.79 Å². The molecule has 0 saturated heterocycles.